The number of fused-ring (bicyclic) bond motifs is 1. The van der Waals surface area contributed by atoms with Crippen LogP contribution in [0.25, 0.3) is 0 Å². The van der Waals surface area contributed by atoms with Gasteiger partial charge in [-0.1, -0.05) is 20.3 Å². The molecular weight excluding hydrogens is 232 g/mol. The molecule has 0 aromatic rings. The van der Waals surface area contributed by atoms with Crippen LogP contribution in [0.2, 0.25) is 0 Å². The lowest BCUT2D eigenvalue weighted by molar-refractivity contribution is -0.198. The molecule has 18 heavy (non-hydrogen) atoms. The highest BCUT2D eigenvalue weighted by molar-refractivity contribution is 5.01. The van der Waals surface area contributed by atoms with Gasteiger partial charge in [0.05, 0.1) is 24.4 Å². The molecule has 104 valence electrons. The Morgan fingerprint density at radius 2 is 1.28 bits per heavy atom. The van der Waals surface area contributed by atoms with E-state index >= 15 is 0 Å². The number of aliphatic hydroxyl groups excluding tert-OH is 2. The van der Waals surface area contributed by atoms with Gasteiger partial charge in [-0.2, -0.15) is 0 Å². The molecule has 3 fully saturated rings. The zero-order valence-electron chi connectivity index (χ0n) is 11.2. The molecule has 2 saturated carbocycles. The molecule has 4 nitrogen and oxygen atoms in total. The summed E-state index contributed by atoms with van der Waals surface area (Å²) in [5.41, 5.74) is 0. The molecule has 3 unspecified atom stereocenters. The second-order valence-electron chi connectivity index (χ2n) is 6.34. The smallest absolute Gasteiger partial charge is 0.169 e. The molecule has 0 bridgehead atoms. The first-order chi connectivity index (χ1) is 8.54. The lowest BCUT2D eigenvalue weighted by Gasteiger charge is -2.40. The standard InChI is InChI=1S/C14H24O4/c1-8-10(15)11(16)9(2)13-12(8)17-14(18-13)6-4-3-5-7-14/h8-13,15-16H,3-7H2,1-2H3/t8-,9?,10?,11-,12-,13?/m1/s1. The van der Waals surface area contributed by atoms with Gasteiger partial charge in [-0.05, 0) is 12.8 Å². The van der Waals surface area contributed by atoms with Crippen LogP contribution in [0.1, 0.15) is 46.0 Å². The van der Waals surface area contributed by atoms with Crippen LogP contribution in [-0.2, 0) is 9.47 Å². The van der Waals surface area contributed by atoms with Crippen LogP contribution in [0.15, 0.2) is 0 Å². The third-order valence-corrected chi connectivity index (χ3v) is 5.10. The fraction of sp³-hybridized carbons (Fsp3) is 1.00. The Hall–Kier alpha value is -0.160. The molecule has 0 aromatic carbocycles. The number of ether oxygens (including phenoxy) is 2. The molecule has 1 saturated heterocycles. The number of rotatable bonds is 0. The highest BCUT2D eigenvalue weighted by atomic mass is 16.8. The minimum Gasteiger partial charge on any atom is -0.390 e. The van der Waals surface area contributed by atoms with Gasteiger partial charge in [0, 0.05) is 24.7 Å². The van der Waals surface area contributed by atoms with Gasteiger partial charge >= 0.3 is 0 Å². The van der Waals surface area contributed by atoms with Crippen LogP contribution in [0.4, 0.5) is 0 Å². The van der Waals surface area contributed by atoms with Crippen molar-refractivity contribution in [3.05, 3.63) is 0 Å². The van der Waals surface area contributed by atoms with Crippen molar-refractivity contribution in [3.8, 4) is 0 Å². The monoisotopic (exact) mass is 256 g/mol. The molecule has 6 atom stereocenters. The van der Waals surface area contributed by atoms with Crippen molar-refractivity contribution in [3.63, 3.8) is 0 Å². The Labute approximate surface area is 108 Å². The van der Waals surface area contributed by atoms with Gasteiger partial charge in [0.2, 0.25) is 0 Å². The Morgan fingerprint density at radius 3 is 1.72 bits per heavy atom. The number of hydrogen-bond acceptors (Lipinski definition) is 4. The molecule has 0 aromatic heterocycles. The van der Waals surface area contributed by atoms with Gasteiger partial charge in [-0.25, -0.2) is 0 Å². The number of aliphatic hydroxyl groups is 2. The van der Waals surface area contributed by atoms with Crippen molar-refractivity contribution >= 4 is 0 Å². The van der Waals surface area contributed by atoms with Gasteiger partial charge in [0.15, 0.2) is 5.79 Å². The van der Waals surface area contributed by atoms with Crippen LogP contribution in [0, 0.1) is 11.8 Å². The Morgan fingerprint density at radius 1 is 0.833 bits per heavy atom. The van der Waals surface area contributed by atoms with E-state index in [2.05, 4.69) is 0 Å². The predicted molar refractivity (Wildman–Crippen MR) is 65.9 cm³/mol. The Bertz CT molecular complexity index is 289. The van der Waals surface area contributed by atoms with Crippen LogP contribution >= 0.6 is 0 Å². The summed E-state index contributed by atoms with van der Waals surface area (Å²) in [5, 5.41) is 20.1. The molecule has 2 aliphatic carbocycles. The molecule has 2 N–H and O–H groups in total. The quantitative estimate of drug-likeness (QED) is 0.688. The van der Waals surface area contributed by atoms with Crippen molar-refractivity contribution in [2.24, 2.45) is 11.8 Å². The molecule has 1 heterocycles. The van der Waals surface area contributed by atoms with Gasteiger partial charge in [0.1, 0.15) is 0 Å². The molecular formula is C14H24O4. The first-order valence-electron chi connectivity index (χ1n) is 7.26. The summed E-state index contributed by atoms with van der Waals surface area (Å²) >= 11 is 0. The topological polar surface area (TPSA) is 58.9 Å². The minimum atomic E-state index is -0.705. The first-order valence-corrected chi connectivity index (χ1v) is 7.26. The molecule has 1 spiro atoms. The first kappa shape index (κ1) is 12.9. The summed E-state index contributed by atoms with van der Waals surface area (Å²) in [6, 6.07) is 0. The maximum atomic E-state index is 10.1. The van der Waals surface area contributed by atoms with Crippen molar-refractivity contribution < 1.29 is 19.7 Å². The molecule has 0 amide bonds. The second kappa shape index (κ2) is 4.44. The van der Waals surface area contributed by atoms with E-state index in [0.29, 0.717) is 0 Å². The molecule has 4 heteroatoms. The van der Waals surface area contributed by atoms with Gasteiger partial charge in [-0.15, -0.1) is 0 Å². The summed E-state index contributed by atoms with van der Waals surface area (Å²) < 4.78 is 12.4. The van der Waals surface area contributed by atoms with Crippen molar-refractivity contribution in [2.75, 3.05) is 0 Å². The van der Waals surface area contributed by atoms with E-state index in [1.54, 1.807) is 0 Å². The summed E-state index contributed by atoms with van der Waals surface area (Å²) in [4.78, 5) is 0. The van der Waals surface area contributed by atoms with E-state index in [0.717, 1.165) is 25.7 Å². The van der Waals surface area contributed by atoms with Crippen molar-refractivity contribution in [1.82, 2.24) is 0 Å². The maximum Gasteiger partial charge on any atom is 0.169 e. The summed E-state index contributed by atoms with van der Waals surface area (Å²) in [7, 11) is 0. The SMILES string of the molecule is CC1C2OC3(CCCCC3)O[C@@H]2[C@H](C)C(O)[C@@H]1O. The third kappa shape index (κ3) is 1.82. The van der Waals surface area contributed by atoms with E-state index in [1.807, 2.05) is 13.8 Å². The zero-order chi connectivity index (χ0) is 12.9. The summed E-state index contributed by atoms with van der Waals surface area (Å²) in [5.74, 6) is -0.565. The Kier molecular flexibility index (Phi) is 3.17. The predicted octanol–water partition coefficient (Wildman–Crippen LogP) is 1.44. The molecule has 1 aliphatic heterocycles. The lowest BCUT2D eigenvalue weighted by atomic mass is 9.75. The highest BCUT2D eigenvalue weighted by Gasteiger charge is 2.57. The third-order valence-electron chi connectivity index (χ3n) is 5.10. The molecule has 0 radical (unpaired) electrons. The van der Waals surface area contributed by atoms with E-state index < -0.39 is 18.0 Å². The van der Waals surface area contributed by atoms with Gasteiger partial charge < -0.3 is 19.7 Å². The Balaban J connectivity index is 1.82. The van der Waals surface area contributed by atoms with E-state index in [-0.39, 0.29) is 24.0 Å². The minimum absolute atomic E-state index is 0.0671. The fourth-order valence-corrected chi connectivity index (χ4v) is 3.81. The van der Waals surface area contributed by atoms with Crippen molar-refractivity contribution in [1.29, 1.82) is 0 Å². The van der Waals surface area contributed by atoms with Gasteiger partial charge in [0.25, 0.3) is 0 Å². The molecule has 3 aliphatic rings. The van der Waals surface area contributed by atoms with E-state index in [9.17, 15) is 10.2 Å². The average molecular weight is 256 g/mol. The molecule has 3 rings (SSSR count). The second-order valence-corrected chi connectivity index (χ2v) is 6.34. The van der Waals surface area contributed by atoms with E-state index in [1.165, 1.54) is 6.42 Å². The summed E-state index contributed by atoms with van der Waals surface area (Å²) in [6.07, 6.45) is 3.89. The highest BCUT2D eigenvalue weighted by Crippen LogP contribution is 2.47. The van der Waals surface area contributed by atoms with E-state index in [4.69, 9.17) is 9.47 Å². The van der Waals surface area contributed by atoms with Gasteiger partial charge in [-0.3, -0.25) is 0 Å². The largest absolute Gasteiger partial charge is 0.390 e. The number of hydrogen-bond donors (Lipinski definition) is 2. The summed E-state index contributed by atoms with van der Waals surface area (Å²) in [6.45, 7) is 3.89. The average Bonchev–Trinajstić information content (AvgIpc) is 2.74. The van der Waals surface area contributed by atoms with Crippen LogP contribution in [0.5, 0.6) is 0 Å². The van der Waals surface area contributed by atoms with Crippen molar-refractivity contribution in [2.45, 2.75) is 76.2 Å². The normalized spacial score (nSPS) is 51.3. The zero-order valence-corrected chi connectivity index (χ0v) is 11.2. The van der Waals surface area contributed by atoms with Crippen LogP contribution < -0.4 is 0 Å². The van der Waals surface area contributed by atoms with Crippen LogP contribution in [-0.4, -0.2) is 40.4 Å². The fourth-order valence-electron chi connectivity index (χ4n) is 3.81. The van der Waals surface area contributed by atoms with Crippen LogP contribution in [0.3, 0.4) is 0 Å². The maximum absolute atomic E-state index is 10.1. The lowest BCUT2D eigenvalue weighted by Crippen LogP contribution is -2.55.